The van der Waals surface area contributed by atoms with Crippen LogP contribution in [-0.2, 0) is 0 Å². The van der Waals surface area contributed by atoms with Crippen molar-refractivity contribution in [3.8, 4) is 0 Å². The number of nitrogens with one attached hydrogen (secondary N) is 2. The van der Waals surface area contributed by atoms with E-state index in [1.54, 1.807) is 6.07 Å². The van der Waals surface area contributed by atoms with Gasteiger partial charge in [0.2, 0.25) is 5.56 Å². The van der Waals surface area contributed by atoms with Crippen LogP contribution in [0.5, 0.6) is 0 Å². The van der Waals surface area contributed by atoms with Crippen LogP contribution in [-0.4, -0.2) is 15.2 Å². The summed E-state index contributed by atoms with van der Waals surface area (Å²) in [5.41, 5.74) is 0.763. The van der Waals surface area contributed by atoms with Crippen LogP contribution in [0.15, 0.2) is 23.1 Å². The lowest BCUT2D eigenvalue weighted by Crippen LogP contribution is -2.00. The van der Waals surface area contributed by atoms with Crippen molar-refractivity contribution in [2.45, 2.75) is 0 Å². The van der Waals surface area contributed by atoms with Crippen LogP contribution in [0.3, 0.4) is 0 Å². The van der Waals surface area contributed by atoms with Crippen LogP contribution < -0.4 is 5.56 Å². The number of halogens is 1. The van der Waals surface area contributed by atoms with E-state index < -0.39 is 5.24 Å². The first kappa shape index (κ1) is 8.07. The first-order chi connectivity index (χ1) is 6.16. The molecule has 0 saturated carbocycles. The number of rotatable bonds is 1. The van der Waals surface area contributed by atoms with Gasteiger partial charge in [-0.25, -0.2) is 0 Å². The van der Waals surface area contributed by atoms with Gasteiger partial charge in [-0.2, -0.15) is 0 Å². The Morgan fingerprint density at radius 3 is 2.85 bits per heavy atom. The Morgan fingerprint density at radius 2 is 2.15 bits per heavy atom. The highest BCUT2D eigenvalue weighted by molar-refractivity contribution is 6.67. The Hall–Kier alpha value is -1.55. The summed E-state index contributed by atoms with van der Waals surface area (Å²) in [6.07, 6.45) is 1.50. The number of carbonyl (C=O) groups is 1. The maximum absolute atomic E-state index is 10.9. The quantitative estimate of drug-likeness (QED) is 0.674. The Kier molecular flexibility index (Phi) is 1.70. The van der Waals surface area contributed by atoms with Gasteiger partial charge in [-0.3, -0.25) is 9.59 Å². The molecule has 0 spiro atoms. The van der Waals surface area contributed by atoms with Gasteiger partial charge in [0.05, 0.1) is 11.2 Å². The molecular formula is C8H5ClN2O2. The van der Waals surface area contributed by atoms with Crippen LogP contribution in [0.4, 0.5) is 0 Å². The Morgan fingerprint density at radius 1 is 1.38 bits per heavy atom. The molecule has 0 aliphatic carbocycles. The second-order valence-electron chi connectivity index (χ2n) is 2.62. The molecule has 0 aliphatic rings. The third kappa shape index (κ3) is 1.36. The molecule has 0 amide bonds. The molecule has 5 heteroatoms. The average Bonchev–Trinajstić information content (AvgIpc) is 2.46. The topological polar surface area (TPSA) is 65.7 Å². The molecule has 0 radical (unpaired) electrons. The van der Waals surface area contributed by atoms with Crippen LogP contribution in [0.2, 0.25) is 0 Å². The highest BCUT2D eigenvalue weighted by Crippen LogP contribution is 2.13. The van der Waals surface area contributed by atoms with Crippen molar-refractivity contribution in [3.63, 3.8) is 0 Å². The summed E-state index contributed by atoms with van der Waals surface area (Å²) in [5.74, 6) is 0. The highest BCUT2D eigenvalue weighted by atomic mass is 35.5. The molecule has 0 aliphatic heterocycles. The summed E-state index contributed by atoms with van der Waals surface area (Å²) in [4.78, 5) is 26.9. The first-order valence-electron chi connectivity index (χ1n) is 3.58. The number of aromatic amines is 2. The van der Waals surface area contributed by atoms with Gasteiger partial charge >= 0.3 is 0 Å². The molecule has 0 aromatic carbocycles. The van der Waals surface area contributed by atoms with Gasteiger partial charge in [-0.1, -0.05) is 0 Å². The molecule has 2 rings (SSSR count). The number of fused-ring (bicyclic) bond motifs is 1. The third-order valence-electron chi connectivity index (χ3n) is 1.74. The van der Waals surface area contributed by atoms with E-state index in [0.29, 0.717) is 10.9 Å². The molecular weight excluding hydrogens is 192 g/mol. The fraction of sp³-hybridized carbons (Fsp3) is 0. The molecule has 2 aromatic heterocycles. The molecule has 0 saturated heterocycles. The van der Waals surface area contributed by atoms with Crippen LogP contribution in [0.1, 0.15) is 10.5 Å². The number of hydrogen-bond donors (Lipinski definition) is 2. The van der Waals surface area contributed by atoms with Gasteiger partial charge in [0.15, 0.2) is 0 Å². The van der Waals surface area contributed by atoms with E-state index in [9.17, 15) is 9.59 Å². The van der Waals surface area contributed by atoms with Crippen molar-refractivity contribution < 1.29 is 4.79 Å². The van der Waals surface area contributed by atoms with Crippen LogP contribution in [0.25, 0.3) is 10.9 Å². The van der Waals surface area contributed by atoms with E-state index >= 15 is 0 Å². The molecule has 0 unspecified atom stereocenters. The number of carbonyl (C=O) groups excluding carboxylic acids is 1. The van der Waals surface area contributed by atoms with Crippen LogP contribution in [0, 0.1) is 0 Å². The number of aromatic nitrogens is 2. The standard InChI is InChI=1S/C8H5ClN2O2/c9-8(13)5-1-4-2-7(12)10-3-6(4)11-5/h1-3,11H,(H,10,12). The van der Waals surface area contributed by atoms with E-state index in [4.69, 9.17) is 11.6 Å². The molecule has 0 atom stereocenters. The van der Waals surface area contributed by atoms with Gasteiger partial charge in [0, 0.05) is 17.6 Å². The Bertz CT molecular complexity index is 526. The molecule has 2 aromatic rings. The summed E-state index contributed by atoms with van der Waals surface area (Å²) in [6, 6.07) is 2.94. The summed E-state index contributed by atoms with van der Waals surface area (Å²) in [6.45, 7) is 0. The number of hydrogen-bond acceptors (Lipinski definition) is 2. The van der Waals surface area contributed by atoms with Crippen molar-refractivity contribution in [2.24, 2.45) is 0 Å². The lowest BCUT2D eigenvalue weighted by Gasteiger charge is -1.84. The molecule has 13 heavy (non-hydrogen) atoms. The van der Waals surface area contributed by atoms with Crippen molar-refractivity contribution in [1.82, 2.24) is 9.97 Å². The van der Waals surface area contributed by atoms with Crippen molar-refractivity contribution in [2.75, 3.05) is 0 Å². The maximum Gasteiger partial charge on any atom is 0.268 e. The normalized spacial score (nSPS) is 10.5. The zero-order valence-corrected chi connectivity index (χ0v) is 7.18. The van der Waals surface area contributed by atoms with Gasteiger partial charge in [0.25, 0.3) is 5.24 Å². The maximum atomic E-state index is 10.9. The third-order valence-corrected chi connectivity index (χ3v) is 1.94. The summed E-state index contributed by atoms with van der Waals surface area (Å²) in [7, 11) is 0. The summed E-state index contributed by atoms with van der Waals surface area (Å²) >= 11 is 5.26. The Balaban J connectivity index is 2.75. The lowest BCUT2D eigenvalue weighted by atomic mass is 10.3. The van der Waals surface area contributed by atoms with Gasteiger partial charge in [0.1, 0.15) is 0 Å². The smallest absolute Gasteiger partial charge is 0.268 e. The molecule has 2 heterocycles. The Labute approximate surface area is 77.5 Å². The van der Waals surface area contributed by atoms with Gasteiger partial charge < -0.3 is 9.97 Å². The predicted octanol–water partition coefficient (Wildman–Crippen LogP) is 1.24. The average molecular weight is 197 g/mol. The first-order valence-corrected chi connectivity index (χ1v) is 3.96. The second kappa shape index (κ2) is 2.74. The van der Waals surface area contributed by atoms with E-state index in [1.165, 1.54) is 12.3 Å². The summed E-state index contributed by atoms with van der Waals surface area (Å²) < 4.78 is 0. The molecule has 2 N–H and O–H groups in total. The second-order valence-corrected chi connectivity index (χ2v) is 2.97. The zero-order chi connectivity index (χ0) is 9.42. The SMILES string of the molecule is O=C(Cl)c1cc2cc(=O)[nH]cc2[nH]1. The van der Waals surface area contributed by atoms with Crippen LogP contribution >= 0.6 is 11.6 Å². The predicted molar refractivity (Wildman–Crippen MR) is 49.1 cm³/mol. The van der Waals surface area contributed by atoms with E-state index in [0.717, 1.165) is 0 Å². The fourth-order valence-electron chi connectivity index (χ4n) is 1.16. The largest absolute Gasteiger partial charge is 0.350 e. The zero-order valence-electron chi connectivity index (χ0n) is 6.43. The number of H-pyrrole nitrogens is 2. The lowest BCUT2D eigenvalue weighted by molar-refractivity contribution is 0.107. The van der Waals surface area contributed by atoms with E-state index in [-0.39, 0.29) is 11.3 Å². The summed E-state index contributed by atoms with van der Waals surface area (Å²) in [5, 5.41) is 0.108. The van der Waals surface area contributed by atoms with Crippen molar-refractivity contribution >= 4 is 27.7 Å². The minimum Gasteiger partial charge on any atom is -0.350 e. The van der Waals surface area contributed by atoms with Gasteiger partial charge in [-0.15, -0.1) is 0 Å². The van der Waals surface area contributed by atoms with Crippen molar-refractivity contribution in [3.05, 3.63) is 34.4 Å². The van der Waals surface area contributed by atoms with Gasteiger partial charge in [-0.05, 0) is 17.7 Å². The minimum absolute atomic E-state index is 0.208. The highest BCUT2D eigenvalue weighted by Gasteiger charge is 2.05. The van der Waals surface area contributed by atoms with E-state index in [2.05, 4.69) is 9.97 Å². The fourth-order valence-corrected chi connectivity index (χ4v) is 1.26. The molecule has 66 valence electrons. The minimum atomic E-state index is -0.566. The van der Waals surface area contributed by atoms with E-state index in [1.807, 2.05) is 0 Å². The number of pyridine rings is 1. The molecule has 0 bridgehead atoms. The monoisotopic (exact) mass is 196 g/mol. The molecule has 4 nitrogen and oxygen atoms in total. The van der Waals surface area contributed by atoms with Crippen molar-refractivity contribution in [1.29, 1.82) is 0 Å². The molecule has 0 fully saturated rings.